The predicted octanol–water partition coefficient (Wildman–Crippen LogP) is 4.89. The van der Waals surface area contributed by atoms with Crippen molar-refractivity contribution in [3.05, 3.63) is 53.9 Å². The van der Waals surface area contributed by atoms with E-state index >= 15 is 0 Å². The van der Waals surface area contributed by atoms with Crippen LogP contribution in [-0.4, -0.2) is 42.6 Å². The molecule has 2 heterocycles. The molecular formula is C24H28N2O4. The highest BCUT2D eigenvalue weighted by Gasteiger charge is 2.28. The van der Waals surface area contributed by atoms with E-state index in [-0.39, 0.29) is 11.8 Å². The van der Waals surface area contributed by atoms with Crippen LogP contribution in [0.5, 0.6) is 11.5 Å². The van der Waals surface area contributed by atoms with Crippen molar-refractivity contribution < 1.29 is 18.7 Å². The molecule has 6 heteroatoms. The Morgan fingerprint density at radius 3 is 2.63 bits per heavy atom. The first-order valence-corrected chi connectivity index (χ1v) is 10.5. The van der Waals surface area contributed by atoms with Crippen molar-refractivity contribution in [2.24, 2.45) is 5.92 Å². The van der Waals surface area contributed by atoms with Gasteiger partial charge in [0.1, 0.15) is 5.52 Å². The van der Waals surface area contributed by atoms with Crippen LogP contribution in [0.1, 0.15) is 48.9 Å². The molecule has 1 aromatic heterocycles. The second-order valence-electron chi connectivity index (χ2n) is 8.16. The van der Waals surface area contributed by atoms with E-state index in [4.69, 9.17) is 13.9 Å². The maximum atomic E-state index is 13.0. The lowest BCUT2D eigenvalue weighted by Gasteiger charge is -2.30. The number of nitrogens with zero attached hydrogens (tertiary/aromatic N) is 2. The number of benzene rings is 2. The van der Waals surface area contributed by atoms with Gasteiger partial charge in [0.2, 0.25) is 0 Å². The summed E-state index contributed by atoms with van der Waals surface area (Å²) < 4.78 is 17.2. The molecular weight excluding hydrogens is 380 g/mol. The summed E-state index contributed by atoms with van der Waals surface area (Å²) in [5, 5.41) is 0. The fourth-order valence-corrected chi connectivity index (χ4v) is 3.75. The Morgan fingerprint density at radius 1 is 1.17 bits per heavy atom. The molecule has 0 atom stereocenters. The molecule has 3 aromatic rings. The standard InChI is InChI=1S/C24H28N2O4/c1-16(2)15-29-21-9-8-18(14-22(21)28-3)24(27)26-12-10-17(11-13-26)23-25-19-6-4-5-7-20(19)30-23/h4-9,14,16-17H,10-13,15H2,1-3H3. The molecule has 0 radical (unpaired) electrons. The maximum absolute atomic E-state index is 13.0. The van der Waals surface area contributed by atoms with E-state index in [0.717, 1.165) is 29.8 Å². The number of carbonyl (C=O) groups excluding carboxylic acids is 1. The van der Waals surface area contributed by atoms with E-state index < -0.39 is 0 Å². The zero-order chi connectivity index (χ0) is 21.1. The maximum Gasteiger partial charge on any atom is 0.253 e. The number of oxazole rings is 1. The number of fused-ring (bicyclic) bond motifs is 1. The van der Waals surface area contributed by atoms with Gasteiger partial charge in [-0.2, -0.15) is 0 Å². The van der Waals surface area contributed by atoms with Gasteiger partial charge in [-0.05, 0) is 49.1 Å². The van der Waals surface area contributed by atoms with Crippen LogP contribution in [0.15, 0.2) is 46.9 Å². The van der Waals surface area contributed by atoms with Crippen LogP contribution in [-0.2, 0) is 0 Å². The first-order valence-electron chi connectivity index (χ1n) is 10.5. The summed E-state index contributed by atoms with van der Waals surface area (Å²) in [6.07, 6.45) is 1.68. The summed E-state index contributed by atoms with van der Waals surface area (Å²) in [7, 11) is 1.59. The third kappa shape index (κ3) is 4.27. The van der Waals surface area contributed by atoms with Gasteiger partial charge in [-0.3, -0.25) is 4.79 Å². The van der Waals surface area contributed by atoms with Gasteiger partial charge in [0.15, 0.2) is 23.0 Å². The van der Waals surface area contributed by atoms with Gasteiger partial charge in [0.25, 0.3) is 5.91 Å². The van der Waals surface area contributed by atoms with Crippen molar-refractivity contribution in [1.29, 1.82) is 0 Å². The summed E-state index contributed by atoms with van der Waals surface area (Å²) in [4.78, 5) is 19.5. The van der Waals surface area contributed by atoms with Crippen molar-refractivity contribution in [3.63, 3.8) is 0 Å². The number of amides is 1. The lowest BCUT2D eigenvalue weighted by molar-refractivity contribution is 0.0706. The fourth-order valence-electron chi connectivity index (χ4n) is 3.75. The van der Waals surface area contributed by atoms with Gasteiger partial charge in [-0.1, -0.05) is 26.0 Å². The number of hydrogen-bond acceptors (Lipinski definition) is 5. The second kappa shape index (κ2) is 8.78. The molecule has 158 valence electrons. The molecule has 6 nitrogen and oxygen atoms in total. The van der Waals surface area contributed by atoms with Crippen LogP contribution >= 0.6 is 0 Å². The zero-order valence-electron chi connectivity index (χ0n) is 17.8. The van der Waals surface area contributed by atoms with Crippen molar-refractivity contribution >= 4 is 17.0 Å². The molecule has 1 amide bonds. The summed E-state index contributed by atoms with van der Waals surface area (Å²) in [6.45, 7) is 6.14. The highest BCUT2D eigenvalue weighted by molar-refractivity contribution is 5.95. The first kappa shape index (κ1) is 20.3. The Hall–Kier alpha value is -3.02. The molecule has 30 heavy (non-hydrogen) atoms. The molecule has 2 aromatic carbocycles. The fraction of sp³-hybridized carbons (Fsp3) is 0.417. The monoisotopic (exact) mass is 408 g/mol. The van der Waals surface area contributed by atoms with Crippen molar-refractivity contribution in [1.82, 2.24) is 9.88 Å². The van der Waals surface area contributed by atoms with Crippen molar-refractivity contribution in [3.8, 4) is 11.5 Å². The topological polar surface area (TPSA) is 64.8 Å². The summed E-state index contributed by atoms with van der Waals surface area (Å²) >= 11 is 0. The van der Waals surface area contributed by atoms with E-state index in [9.17, 15) is 4.79 Å². The molecule has 1 saturated heterocycles. The largest absolute Gasteiger partial charge is 0.493 e. The minimum atomic E-state index is 0.0136. The van der Waals surface area contributed by atoms with Gasteiger partial charge in [0.05, 0.1) is 13.7 Å². The van der Waals surface area contributed by atoms with Crippen LogP contribution in [0.3, 0.4) is 0 Å². The third-order valence-corrected chi connectivity index (χ3v) is 5.42. The number of rotatable bonds is 6. The average Bonchev–Trinajstić information content (AvgIpc) is 3.21. The quantitative estimate of drug-likeness (QED) is 0.581. The molecule has 0 unspecified atom stereocenters. The highest BCUT2D eigenvalue weighted by Crippen LogP contribution is 2.32. The van der Waals surface area contributed by atoms with Crippen LogP contribution in [0, 0.1) is 5.92 Å². The average molecular weight is 408 g/mol. The van der Waals surface area contributed by atoms with E-state index in [0.29, 0.717) is 42.7 Å². The third-order valence-electron chi connectivity index (χ3n) is 5.42. The Kier molecular flexibility index (Phi) is 5.93. The lowest BCUT2D eigenvalue weighted by atomic mass is 9.96. The first-order chi connectivity index (χ1) is 14.5. The lowest BCUT2D eigenvalue weighted by Crippen LogP contribution is -2.38. The smallest absolute Gasteiger partial charge is 0.253 e. The SMILES string of the molecule is COc1cc(C(=O)N2CCC(c3nc4ccccc4o3)CC2)ccc1OCC(C)C. The normalized spacial score (nSPS) is 15.0. The minimum Gasteiger partial charge on any atom is -0.493 e. The van der Waals surface area contributed by atoms with Crippen LogP contribution < -0.4 is 9.47 Å². The van der Waals surface area contributed by atoms with E-state index in [1.54, 1.807) is 13.2 Å². The van der Waals surface area contributed by atoms with Crippen LogP contribution in [0.2, 0.25) is 0 Å². The highest BCUT2D eigenvalue weighted by atomic mass is 16.5. The number of piperidine rings is 1. The number of aromatic nitrogens is 1. The summed E-state index contributed by atoms with van der Waals surface area (Å²) in [5.74, 6) is 2.69. The Balaban J connectivity index is 1.41. The van der Waals surface area contributed by atoms with Gasteiger partial charge in [0, 0.05) is 24.6 Å². The zero-order valence-corrected chi connectivity index (χ0v) is 17.8. The molecule has 0 aliphatic carbocycles. The van der Waals surface area contributed by atoms with E-state index in [1.807, 2.05) is 41.3 Å². The van der Waals surface area contributed by atoms with E-state index in [1.165, 1.54) is 0 Å². The number of likely N-dealkylation sites (tertiary alicyclic amines) is 1. The number of para-hydroxylation sites is 2. The molecule has 0 N–H and O–H groups in total. The number of carbonyl (C=O) groups is 1. The molecule has 0 bridgehead atoms. The van der Waals surface area contributed by atoms with Gasteiger partial charge in [-0.25, -0.2) is 4.98 Å². The predicted molar refractivity (Wildman–Crippen MR) is 115 cm³/mol. The van der Waals surface area contributed by atoms with Gasteiger partial charge >= 0.3 is 0 Å². The Morgan fingerprint density at radius 2 is 1.93 bits per heavy atom. The van der Waals surface area contributed by atoms with Crippen molar-refractivity contribution in [2.45, 2.75) is 32.6 Å². The summed E-state index contributed by atoms with van der Waals surface area (Å²) in [5.41, 5.74) is 2.32. The number of methoxy groups -OCH3 is 1. The molecule has 0 saturated carbocycles. The van der Waals surface area contributed by atoms with Crippen molar-refractivity contribution in [2.75, 3.05) is 26.8 Å². The molecule has 1 fully saturated rings. The van der Waals surface area contributed by atoms with Gasteiger partial charge in [-0.15, -0.1) is 0 Å². The summed E-state index contributed by atoms with van der Waals surface area (Å²) in [6, 6.07) is 13.2. The molecule has 4 rings (SSSR count). The van der Waals surface area contributed by atoms with E-state index in [2.05, 4.69) is 18.8 Å². The van der Waals surface area contributed by atoms with Crippen LogP contribution in [0.4, 0.5) is 0 Å². The second-order valence-corrected chi connectivity index (χ2v) is 8.16. The number of ether oxygens (including phenoxy) is 2. The Labute approximate surface area is 176 Å². The minimum absolute atomic E-state index is 0.0136. The molecule has 0 spiro atoms. The van der Waals surface area contributed by atoms with Gasteiger partial charge < -0.3 is 18.8 Å². The Bertz CT molecular complexity index is 986. The molecule has 1 aliphatic heterocycles. The molecule has 1 aliphatic rings. The number of hydrogen-bond donors (Lipinski definition) is 0. The van der Waals surface area contributed by atoms with Crippen LogP contribution in [0.25, 0.3) is 11.1 Å².